The van der Waals surface area contributed by atoms with E-state index in [2.05, 4.69) is 36.2 Å². The number of nitrogens with zero attached hydrogens (tertiary/aromatic N) is 1. The third-order valence-electron chi connectivity index (χ3n) is 4.43. The summed E-state index contributed by atoms with van der Waals surface area (Å²) in [6.45, 7) is 1.97. The van der Waals surface area contributed by atoms with E-state index in [1.807, 2.05) is 12.1 Å². The molecule has 0 spiro atoms. The maximum atomic E-state index is 13.3. The van der Waals surface area contributed by atoms with Gasteiger partial charge in [-0.15, -0.1) is 0 Å². The first-order chi connectivity index (χ1) is 13.8. The van der Waals surface area contributed by atoms with E-state index in [1.54, 1.807) is 6.07 Å². The molecule has 1 saturated heterocycles. The van der Waals surface area contributed by atoms with E-state index in [0.29, 0.717) is 23.8 Å². The molecule has 1 heterocycles. The van der Waals surface area contributed by atoms with Crippen LogP contribution in [0.15, 0.2) is 66.7 Å². The molecule has 0 aliphatic carbocycles. The van der Waals surface area contributed by atoms with Crippen LogP contribution in [0.25, 0.3) is 0 Å². The molecule has 0 aromatic heterocycles. The van der Waals surface area contributed by atoms with Crippen molar-refractivity contribution in [1.82, 2.24) is 4.90 Å². The molecule has 0 bridgehead atoms. The van der Waals surface area contributed by atoms with Crippen molar-refractivity contribution < 1.29 is 28.9 Å². The van der Waals surface area contributed by atoms with Crippen molar-refractivity contribution in [2.75, 3.05) is 20.1 Å². The van der Waals surface area contributed by atoms with Gasteiger partial charge in [0.25, 0.3) is 0 Å². The lowest BCUT2D eigenvalue weighted by Crippen LogP contribution is -2.42. The van der Waals surface area contributed by atoms with Gasteiger partial charge < -0.3 is 19.8 Å². The number of ether oxygens (including phenoxy) is 1. The number of carboxylic acid groups (broad SMARTS) is 2. The summed E-state index contributed by atoms with van der Waals surface area (Å²) in [6, 6.07) is 16.8. The van der Waals surface area contributed by atoms with E-state index in [0.717, 1.165) is 19.5 Å². The summed E-state index contributed by atoms with van der Waals surface area (Å²) in [7, 11) is 2.13. The molecule has 29 heavy (non-hydrogen) atoms. The van der Waals surface area contributed by atoms with Gasteiger partial charge in [-0.3, -0.25) is 0 Å². The fraction of sp³-hybridized carbons (Fsp3) is 0.273. The fourth-order valence-electron chi connectivity index (χ4n) is 3.11. The number of hydrogen-bond donors (Lipinski definition) is 2. The highest BCUT2D eigenvalue weighted by Gasteiger charge is 2.30. The van der Waals surface area contributed by atoms with Gasteiger partial charge in [-0.05, 0) is 31.2 Å². The molecule has 0 saturated carbocycles. The Morgan fingerprint density at radius 3 is 2.31 bits per heavy atom. The highest BCUT2D eigenvalue weighted by atomic mass is 19.1. The van der Waals surface area contributed by atoms with Crippen LogP contribution in [-0.2, 0) is 9.59 Å². The Morgan fingerprint density at radius 2 is 1.72 bits per heavy atom. The number of halogens is 1. The van der Waals surface area contributed by atoms with Crippen LogP contribution < -0.4 is 4.74 Å². The Labute approximate surface area is 168 Å². The quantitative estimate of drug-likeness (QED) is 0.747. The second-order valence-electron chi connectivity index (χ2n) is 6.69. The number of benzene rings is 2. The molecule has 154 valence electrons. The van der Waals surface area contributed by atoms with Crippen LogP contribution in [0.5, 0.6) is 5.75 Å². The molecule has 3 rings (SSSR count). The summed E-state index contributed by atoms with van der Waals surface area (Å²) in [5.74, 6) is -1.84. The second-order valence-corrected chi connectivity index (χ2v) is 6.69. The molecule has 1 aliphatic heterocycles. The van der Waals surface area contributed by atoms with Crippen LogP contribution in [-0.4, -0.2) is 53.3 Å². The van der Waals surface area contributed by atoms with Crippen LogP contribution in [0, 0.1) is 5.82 Å². The van der Waals surface area contributed by atoms with Crippen LogP contribution in [0.3, 0.4) is 0 Å². The SMILES string of the molecule is CN1CC[C@H](Oc2cccc(F)c2)[C@H](c2ccccc2)C1.O=C(O)C=CC(=O)O. The zero-order valence-electron chi connectivity index (χ0n) is 16.1. The number of rotatable bonds is 5. The Kier molecular flexibility index (Phi) is 8.36. The van der Waals surface area contributed by atoms with Gasteiger partial charge in [0.2, 0.25) is 0 Å². The zero-order valence-corrected chi connectivity index (χ0v) is 16.1. The van der Waals surface area contributed by atoms with Gasteiger partial charge in [-0.2, -0.15) is 0 Å². The first kappa shape index (κ1) is 22.1. The largest absolute Gasteiger partial charge is 0.490 e. The number of likely N-dealkylation sites (N-methyl/N-ethyl adjacent to an activating group) is 1. The Balaban J connectivity index is 0.000000321. The monoisotopic (exact) mass is 401 g/mol. The molecule has 0 radical (unpaired) electrons. The summed E-state index contributed by atoms with van der Waals surface area (Å²) >= 11 is 0. The maximum Gasteiger partial charge on any atom is 0.328 e. The second kappa shape index (κ2) is 11.0. The lowest BCUT2D eigenvalue weighted by Gasteiger charge is -2.37. The Hall–Kier alpha value is -3.19. The summed E-state index contributed by atoms with van der Waals surface area (Å²) in [5.41, 5.74) is 1.28. The van der Waals surface area contributed by atoms with E-state index >= 15 is 0 Å². The molecule has 7 heteroatoms. The predicted octanol–water partition coefficient (Wildman–Crippen LogP) is 3.40. The van der Waals surface area contributed by atoms with E-state index in [9.17, 15) is 14.0 Å². The summed E-state index contributed by atoms with van der Waals surface area (Å²) in [5, 5.41) is 15.6. The minimum atomic E-state index is -1.26. The normalized spacial score (nSPS) is 19.2. The number of piperidine rings is 1. The third-order valence-corrected chi connectivity index (χ3v) is 4.43. The number of aliphatic carboxylic acids is 2. The Morgan fingerprint density at radius 1 is 1.07 bits per heavy atom. The average molecular weight is 401 g/mol. The molecule has 0 unspecified atom stereocenters. The van der Waals surface area contributed by atoms with Crippen LogP contribution in [0.2, 0.25) is 0 Å². The number of carboxylic acids is 2. The van der Waals surface area contributed by atoms with Gasteiger partial charge in [0.15, 0.2) is 0 Å². The molecule has 1 fully saturated rings. The van der Waals surface area contributed by atoms with Gasteiger partial charge in [0.1, 0.15) is 17.7 Å². The summed E-state index contributed by atoms with van der Waals surface area (Å²) in [6.07, 6.45) is 2.16. The van der Waals surface area contributed by atoms with Gasteiger partial charge in [-0.1, -0.05) is 36.4 Å². The van der Waals surface area contributed by atoms with Crippen molar-refractivity contribution in [2.24, 2.45) is 0 Å². The van der Waals surface area contributed by atoms with E-state index < -0.39 is 11.9 Å². The van der Waals surface area contributed by atoms with Crippen molar-refractivity contribution in [3.8, 4) is 5.75 Å². The molecule has 2 aromatic rings. The molecule has 2 aromatic carbocycles. The molecular formula is C22H24FNO5. The van der Waals surface area contributed by atoms with Gasteiger partial charge in [0.05, 0.1) is 0 Å². The standard InChI is InChI=1S/C18H20FNO.C4H4O4/c1-20-11-10-18(21-16-9-5-8-15(19)12-16)17(13-20)14-6-3-2-4-7-14;5-3(6)1-2-4(7)8/h2-9,12,17-18H,10-11,13H2,1H3;1-2H,(H,5,6)(H,7,8)/t17-,18-;/m0./s1. The number of carbonyl (C=O) groups is 2. The topological polar surface area (TPSA) is 87.1 Å². The zero-order chi connectivity index (χ0) is 21.2. The van der Waals surface area contributed by atoms with E-state index in [1.165, 1.54) is 17.7 Å². The Bertz CT molecular complexity index is 824. The molecule has 6 nitrogen and oxygen atoms in total. The van der Waals surface area contributed by atoms with Crippen molar-refractivity contribution in [1.29, 1.82) is 0 Å². The molecule has 0 amide bonds. The van der Waals surface area contributed by atoms with Gasteiger partial charge in [0, 0.05) is 37.2 Å². The van der Waals surface area contributed by atoms with Crippen molar-refractivity contribution in [3.05, 3.63) is 78.1 Å². The van der Waals surface area contributed by atoms with Gasteiger partial charge >= 0.3 is 11.9 Å². The van der Waals surface area contributed by atoms with Crippen LogP contribution in [0.4, 0.5) is 4.39 Å². The van der Waals surface area contributed by atoms with Crippen molar-refractivity contribution in [3.63, 3.8) is 0 Å². The first-order valence-electron chi connectivity index (χ1n) is 9.15. The highest BCUT2D eigenvalue weighted by molar-refractivity contribution is 5.89. The minimum Gasteiger partial charge on any atom is -0.490 e. The lowest BCUT2D eigenvalue weighted by molar-refractivity contribution is -0.134. The van der Waals surface area contributed by atoms with Crippen molar-refractivity contribution >= 4 is 11.9 Å². The lowest BCUT2D eigenvalue weighted by atomic mass is 9.88. The molecule has 2 N–H and O–H groups in total. The molecule has 1 aliphatic rings. The van der Waals surface area contributed by atoms with Gasteiger partial charge in [-0.25, -0.2) is 14.0 Å². The fourth-order valence-corrected chi connectivity index (χ4v) is 3.11. The van der Waals surface area contributed by atoms with Crippen molar-refractivity contribution in [2.45, 2.75) is 18.4 Å². The number of hydrogen-bond acceptors (Lipinski definition) is 4. The smallest absolute Gasteiger partial charge is 0.328 e. The summed E-state index contributed by atoms with van der Waals surface area (Å²) in [4.78, 5) is 21.4. The average Bonchev–Trinajstić information content (AvgIpc) is 2.69. The highest BCUT2D eigenvalue weighted by Crippen LogP contribution is 2.30. The van der Waals surface area contributed by atoms with E-state index in [-0.39, 0.29) is 11.9 Å². The molecule has 2 atom stereocenters. The minimum absolute atomic E-state index is 0.0883. The van der Waals surface area contributed by atoms with Crippen LogP contribution >= 0.6 is 0 Å². The third kappa shape index (κ3) is 7.75. The van der Waals surface area contributed by atoms with E-state index in [4.69, 9.17) is 14.9 Å². The van der Waals surface area contributed by atoms with Crippen LogP contribution in [0.1, 0.15) is 17.9 Å². The first-order valence-corrected chi connectivity index (χ1v) is 9.15. The summed E-state index contributed by atoms with van der Waals surface area (Å²) < 4.78 is 19.4. The molecular weight excluding hydrogens is 377 g/mol. The number of likely N-dealkylation sites (tertiary alicyclic amines) is 1. The maximum absolute atomic E-state index is 13.3. The predicted molar refractivity (Wildman–Crippen MR) is 107 cm³/mol.